The second-order valence-corrected chi connectivity index (χ2v) is 11.6. The van der Waals surface area contributed by atoms with Gasteiger partial charge in [-0.25, -0.2) is 0 Å². The predicted molar refractivity (Wildman–Crippen MR) is 168 cm³/mol. The van der Waals surface area contributed by atoms with E-state index in [1.54, 1.807) is 0 Å². The van der Waals surface area contributed by atoms with E-state index in [0.29, 0.717) is 24.0 Å². The van der Waals surface area contributed by atoms with Crippen LogP contribution in [0.15, 0.2) is 114 Å². The molecule has 41 heavy (non-hydrogen) atoms. The fourth-order valence-electron chi connectivity index (χ4n) is 6.85. The summed E-state index contributed by atoms with van der Waals surface area (Å²) in [7, 11) is 0. The highest BCUT2D eigenvalue weighted by Crippen LogP contribution is 2.41. The minimum absolute atomic E-state index is 0.0783. The first-order chi connectivity index (χ1) is 20.0. The van der Waals surface area contributed by atoms with Crippen LogP contribution in [0.4, 0.5) is 0 Å². The average Bonchev–Trinajstić information content (AvgIpc) is 3.03. The molecule has 0 radical (unpaired) electrons. The molecule has 6 rings (SSSR count). The molecule has 0 bridgehead atoms. The lowest BCUT2D eigenvalue weighted by Crippen LogP contribution is -2.23. The first-order valence-electron chi connectivity index (χ1n) is 15.0. The monoisotopic (exact) mass is 543 g/mol. The SMILES string of the molecule is Cc1ccccc1C1CC/C(=N\O)C(c2ccccc2)C1.Cc1ccccc1C1CCC(=O)C(c2ccccc2)C1. The normalized spacial score (nSPS) is 23.5. The number of aryl methyl sites for hydroxylation is 2. The van der Waals surface area contributed by atoms with Crippen molar-refractivity contribution >= 4 is 11.5 Å². The lowest BCUT2D eigenvalue weighted by Gasteiger charge is -2.31. The Bertz CT molecular complexity index is 1460. The van der Waals surface area contributed by atoms with Crippen molar-refractivity contribution in [3.63, 3.8) is 0 Å². The van der Waals surface area contributed by atoms with Crippen LogP contribution < -0.4 is 0 Å². The molecule has 2 saturated carbocycles. The van der Waals surface area contributed by atoms with E-state index in [1.165, 1.54) is 33.4 Å². The molecule has 4 unspecified atom stereocenters. The first-order valence-corrected chi connectivity index (χ1v) is 15.0. The highest BCUT2D eigenvalue weighted by molar-refractivity contribution is 5.91. The molecule has 4 atom stereocenters. The average molecular weight is 544 g/mol. The molecule has 3 nitrogen and oxygen atoms in total. The van der Waals surface area contributed by atoms with Crippen LogP contribution >= 0.6 is 0 Å². The van der Waals surface area contributed by atoms with E-state index >= 15 is 0 Å². The Hall–Kier alpha value is -3.98. The lowest BCUT2D eigenvalue weighted by atomic mass is 9.73. The molecule has 0 saturated heterocycles. The molecule has 1 N–H and O–H groups in total. The molecule has 210 valence electrons. The minimum Gasteiger partial charge on any atom is -0.411 e. The summed E-state index contributed by atoms with van der Waals surface area (Å²) in [6.07, 6.45) is 5.61. The van der Waals surface area contributed by atoms with E-state index < -0.39 is 0 Å². The molecule has 0 aromatic heterocycles. The summed E-state index contributed by atoms with van der Waals surface area (Å²) < 4.78 is 0. The molecule has 3 heteroatoms. The third-order valence-electron chi connectivity index (χ3n) is 9.11. The number of ketones is 1. The van der Waals surface area contributed by atoms with E-state index in [-0.39, 0.29) is 11.8 Å². The van der Waals surface area contributed by atoms with E-state index in [1.807, 2.05) is 24.3 Å². The summed E-state index contributed by atoms with van der Waals surface area (Å²) in [4.78, 5) is 12.3. The topological polar surface area (TPSA) is 49.7 Å². The van der Waals surface area contributed by atoms with Gasteiger partial charge in [0.05, 0.1) is 5.71 Å². The predicted octanol–water partition coefficient (Wildman–Crippen LogP) is 9.49. The van der Waals surface area contributed by atoms with E-state index in [0.717, 1.165) is 37.8 Å². The summed E-state index contributed by atoms with van der Waals surface area (Å²) >= 11 is 0. The van der Waals surface area contributed by atoms with Gasteiger partial charge in [0.15, 0.2) is 0 Å². The van der Waals surface area contributed by atoms with Crippen molar-refractivity contribution in [2.24, 2.45) is 5.16 Å². The quantitative estimate of drug-likeness (QED) is 0.206. The fraction of sp³-hybridized carbons (Fsp3) is 0.316. The van der Waals surface area contributed by atoms with Gasteiger partial charge in [-0.2, -0.15) is 0 Å². The van der Waals surface area contributed by atoms with Gasteiger partial charge in [-0.3, -0.25) is 4.79 Å². The fourth-order valence-corrected chi connectivity index (χ4v) is 6.85. The molecule has 4 aromatic carbocycles. The molecule has 2 aliphatic rings. The second kappa shape index (κ2) is 13.6. The second-order valence-electron chi connectivity index (χ2n) is 11.6. The summed E-state index contributed by atoms with van der Waals surface area (Å²) in [5, 5.41) is 12.9. The maximum absolute atomic E-state index is 12.3. The van der Waals surface area contributed by atoms with Gasteiger partial charge in [0.25, 0.3) is 0 Å². The number of rotatable bonds is 4. The van der Waals surface area contributed by atoms with Crippen molar-refractivity contribution in [2.45, 2.75) is 76.0 Å². The van der Waals surface area contributed by atoms with Crippen LogP contribution in [0, 0.1) is 13.8 Å². The zero-order valence-corrected chi connectivity index (χ0v) is 24.2. The Morgan fingerprint density at radius 3 is 1.54 bits per heavy atom. The molecule has 2 aliphatic carbocycles. The Kier molecular flexibility index (Phi) is 9.46. The molecule has 0 heterocycles. The molecule has 4 aromatic rings. The highest BCUT2D eigenvalue weighted by atomic mass is 16.4. The molecule has 0 amide bonds. The Morgan fingerprint density at radius 2 is 1.02 bits per heavy atom. The van der Waals surface area contributed by atoms with Crippen molar-refractivity contribution in [3.8, 4) is 0 Å². The summed E-state index contributed by atoms with van der Waals surface area (Å²) in [5.74, 6) is 1.77. The number of nitrogens with zero attached hydrogens (tertiary/aromatic N) is 1. The van der Waals surface area contributed by atoms with Gasteiger partial charge in [-0.15, -0.1) is 0 Å². The summed E-state index contributed by atoms with van der Waals surface area (Å²) in [6.45, 7) is 4.35. The van der Waals surface area contributed by atoms with Crippen LogP contribution in [0.25, 0.3) is 0 Å². The van der Waals surface area contributed by atoms with Gasteiger partial charge < -0.3 is 5.21 Å². The van der Waals surface area contributed by atoms with Crippen molar-refractivity contribution in [1.82, 2.24) is 0 Å². The van der Waals surface area contributed by atoms with Gasteiger partial charge in [-0.05, 0) is 91.2 Å². The van der Waals surface area contributed by atoms with Crippen LogP contribution in [0.5, 0.6) is 0 Å². The Morgan fingerprint density at radius 1 is 0.585 bits per heavy atom. The number of carbonyl (C=O) groups is 1. The van der Waals surface area contributed by atoms with Gasteiger partial charge in [0.1, 0.15) is 5.78 Å². The van der Waals surface area contributed by atoms with Gasteiger partial charge >= 0.3 is 0 Å². The number of oxime groups is 1. The number of carbonyl (C=O) groups excluding carboxylic acids is 1. The zero-order valence-electron chi connectivity index (χ0n) is 24.2. The highest BCUT2D eigenvalue weighted by Gasteiger charge is 2.31. The Labute approximate surface area is 245 Å². The molecular weight excluding hydrogens is 502 g/mol. The van der Waals surface area contributed by atoms with Crippen LogP contribution in [-0.4, -0.2) is 16.7 Å². The summed E-state index contributed by atoms with van der Waals surface area (Å²) in [6, 6.07) is 37.9. The van der Waals surface area contributed by atoms with Crippen LogP contribution in [0.2, 0.25) is 0 Å². The number of benzene rings is 4. The van der Waals surface area contributed by atoms with Crippen molar-refractivity contribution < 1.29 is 10.0 Å². The first kappa shape index (κ1) is 28.5. The van der Waals surface area contributed by atoms with Crippen molar-refractivity contribution in [3.05, 3.63) is 143 Å². The Balaban J connectivity index is 0.000000165. The largest absolute Gasteiger partial charge is 0.411 e. The van der Waals surface area contributed by atoms with Crippen LogP contribution in [0.3, 0.4) is 0 Å². The van der Waals surface area contributed by atoms with Crippen molar-refractivity contribution in [2.75, 3.05) is 0 Å². The molecular formula is C38H41NO2. The summed E-state index contributed by atoms with van der Waals surface area (Å²) in [5.41, 5.74) is 8.92. The standard InChI is InChI=1S/C19H21NO.C19H20O/c1-14-7-5-6-10-17(14)16-11-12-19(20-21)18(13-16)15-8-3-2-4-9-15;1-14-7-5-6-10-17(14)16-11-12-19(20)18(13-16)15-8-3-2-4-9-15/h2-10,16,18,21H,11-13H2,1H3;2-10,16,18H,11-13H2,1H3/b20-19+;. The molecule has 0 spiro atoms. The zero-order chi connectivity index (χ0) is 28.6. The van der Waals surface area contributed by atoms with Gasteiger partial charge in [-0.1, -0.05) is 114 Å². The van der Waals surface area contributed by atoms with E-state index in [9.17, 15) is 10.0 Å². The maximum atomic E-state index is 12.3. The molecule has 2 fully saturated rings. The van der Waals surface area contributed by atoms with E-state index in [4.69, 9.17) is 0 Å². The maximum Gasteiger partial charge on any atom is 0.140 e. The van der Waals surface area contributed by atoms with Gasteiger partial charge in [0, 0.05) is 18.3 Å². The van der Waals surface area contributed by atoms with Crippen LogP contribution in [0.1, 0.15) is 95.6 Å². The third-order valence-corrected chi connectivity index (χ3v) is 9.11. The van der Waals surface area contributed by atoms with E-state index in [2.05, 4.69) is 104 Å². The van der Waals surface area contributed by atoms with Crippen LogP contribution in [-0.2, 0) is 4.79 Å². The number of Topliss-reactive ketones (excluding diaryl/α,β-unsaturated/α-hetero) is 1. The third kappa shape index (κ3) is 6.85. The smallest absolute Gasteiger partial charge is 0.140 e. The number of hydrogen-bond donors (Lipinski definition) is 1. The molecule has 0 aliphatic heterocycles. The minimum atomic E-state index is 0.0783. The number of hydrogen-bond acceptors (Lipinski definition) is 3. The van der Waals surface area contributed by atoms with Crippen molar-refractivity contribution in [1.29, 1.82) is 0 Å². The lowest BCUT2D eigenvalue weighted by molar-refractivity contribution is -0.122. The van der Waals surface area contributed by atoms with Gasteiger partial charge in [0.2, 0.25) is 0 Å².